The molecule has 310 valence electrons. The number of hydrogen-bond donors (Lipinski definition) is 0. The molecule has 0 amide bonds. The average Bonchev–Trinajstić information content (AvgIpc) is 3.88. The number of anilines is 3. The van der Waals surface area contributed by atoms with Crippen LogP contribution in [0.2, 0.25) is 0 Å². The fraction of sp³-hybridized carbons (Fsp3) is 0.0625. The van der Waals surface area contributed by atoms with Gasteiger partial charge in [0.1, 0.15) is 11.5 Å². The van der Waals surface area contributed by atoms with Gasteiger partial charge < -0.3 is 9.64 Å². The topological polar surface area (TPSA) is 12.5 Å². The zero-order valence-electron chi connectivity index (χ0n) is 36.7. The minimum absolute atomic E-state index is 0.169. The third kappa shape index (κ3) is 4.96. The van der Waals surface area contributed by atoms with Crippen molar-refractivity contribution >= 4 is 17.1 Å². The van der Waals surface area contributed by atoms with Crippen LogP contribution in [0.15, 0.2) is 224 Å². The summed E-state index contributed by atoms with van der Waals surface area (Å²) in [4.78, 5) is 2.49. The van der Waals surface area contributed by atoms with Gasteiger partial charge in [0.15, 0.2) is 0 Å². The standard InChI is InChI=1S/C64H43NO/c1-63(2)55-27-12-8-21-47(55)51-34-31-42(38-59(51)63)65(41-33-36-61-54(37-41)46-20-7-6-19-45(46)53-26-16-25-44(62(53)66-61)40-17-4-3-5-18-40)43-32-35-52-50-24-11-15-30-58(50)64(60(52)39-43)56-28-13-9-22-48(56)49-23-10-14-29-57(49)64/h3-39H,1-2H3. The maximum atomic E-state index is 7.15. The van der Waals surface area contributed by atoms with E-state index in [-0.39, 0.29) is 5.41 Å². The molecular formula is C64H43NO. The van der Waals surface area contributed by atoms with Crippen LogP contribution in [0.3, 0.4) is 0 Å². The van der Waals surface area contributed by atoms with Crippen LogP contribution < -0.4 is 9.64 Å². The molecule has 2 heteroatoms. The molecule has 0 bridgehead atoms. The van der Waals surface area contributed by atoms with Crippen molar-refractivity contribution in [3.63, 3.8) is 0 Å². The van der Waals surface area contributed by atoms with Crippen molar-refractivity contribution in [2.75, 3.05) is 4.90 Å². The number of rotatable bonds is 4. The maximum Gasteiger partial charge on any atom is 0.143 e. The second-order valence-electron chi connectivity index (χ2n) is 18.7. The molecule has 2 nitrogen and oxygen atoms in total. The smallest absolute Gasteiger partial charge is 0.143 e. The van der Waals surface area contributed by atoms with E-state index in [1.165, 1.54) is 66.8 Å². The molecule has 0 saturated heterocycles. The van der Waals surface area contributed by atoms with Crippen molar-refractivity contribution in [2.24, 2.45) is 0 Å². The lowest BCUT2D eigenvalue weighted by Crippen LogP contribution is -2.26. The van der Waals surface area contributed by atoms with Crippen molar-refractivity contribution in [3.8, 4) is 78.3 Å². The van der Waals surface area contributed by atoms with Gasteiger partial charge in [-0.15, -0.1) is 0 Å². The van der Waals surface area contributed by atoms with E-state index in [1.807, 2.05) is 0 Å². The highest BCUT2D eigenvalue weighted by Gasteiger charge is 2.51. The molecule has 1 spiro atoms. The van der Waals surface area contributed by atoms with Crippen LogP contribution in [0, 0.1) is 0 Å². The highest BCUT2D eigenvalue weighted by atomic mass is 16.5. The van der Waals surface area contributed by atoms with Gasteiger partial charge >= 0.3 is 0 Å². The Balaban J connectivity index is 1.01. The van der Waals surface area contributed by atoms with Gasteiger partial charge in [0.2, 0.25) is 0 Å². The Labute approximate surface area is 385 Å². The zero-order valence-corrected chi connectivity index (χ0v) is 36.7. The van der Waals surface area contributed by atoms with Crippen molar-refractivity contribution in [1.82, 2.24) is 0 Å². The largest absolute Gasteiger partial charge is 0.455 e. The fourth-order valence-corrected chi connectivity index (χ4v) is 12.2. The van der Waals surface area contributed by atoms with E-state index in [2.05, 4.69) is 243 Å². The van der Waals surface area contributed by atoms with Gasteiger partial charge in [-0.3, -0.25) is 0 Å². The third-order valence-corrected chi connectivity index (χ3v) is 15.1. The first-order valence-electron chi connectivity index (χ1n) is 23.1. The quantitative estimate of drug-likeness (QED) is 0.175. The Bertz CT molecular complexity index is 3610. The fourth-order valence-electron chi connectivity index (χ4n) is 12.2. The van der Waals surface area contributed by atoms with E-state index in [4.69, 9.17) is 4.74 Å². The summed E-state index contributed by atoms with van der Waals surface area (Å²) in [5.41, 5.74) is 25.1. The van der Waals surface area contributed by atoms with E-state index >= 15 is 0 Å². The molecule has 0 N–H and O–H groups in total. The van der Waals surface area contributed by atoms with Crippen LogP contribution in [0.25, 0.3) is 66.8 Å². The van der Waals surface area contributed by atoms with Gasteiger partial charge in [0.25, 0.3) is 0 Å². The Hall–Kier alpha value is -8.20. The lowest BCUT2D eigenvalue weighted by Gasteiger charge is -2.32. The first-order valence-corrected chi connectivity index (χ1v) is 23.1. The van der Waals surface area contributed by atoms with Crippen molar-refractivity contribution < 1.29 is 4.74 Å². The summed E-state index contributed by atoms with van der Waals surface area (Å²) in [6, 6.07) is 83.1. The summed E-state index contributed by atoms with van der Waals surface area (Å²) in [6.45, 7) is 4.74. The van der Waals surface area contributed by atoms with E-state index < -0.39 is 5.41 Å². The SMILES string of the molecule is CC1(C)c2ccccc2-c2ccc(N(c3ccc4c(c3)-c3ccccc3-c3cccc(-c5ccccc5)c3O4)c3ccc4c(c3)C3(c5ccccc5-c5ccccc53)c3ccccc3-4)cc21. The minimum Gasteiger partial charge on any atom is -0.455 e. The average molecular weight is 842 g/mol. The van der Waals surface area contributed by atoms with Gasteiger partial charge in [-0.1, -0.05) is 196 Å². The number of benzene rings is 10. The molecule has 10 aromatic carbocycles. The molecule has 14 rings (SSSR count). The third-order valence-electron chi connectivity index (χ3n) is 15.1. The predicted octanol–water partition coefficient (Wildman–Crippen LogP) is 16.9. The lowest BCUT2D eigenvalue weighted by atomic mass is 9.70. The van der Waals surface area contributed by atoms with E-state index in [0.29, 0.717) is 0 Å². The van der Waals surface area contributed by atoms with Crippen LogP contribution in [0.1, 0.15) is 47.2 Å². The summed E-state index contributed by atoms with van der Waals surface area (Å²) >= 11 is 0. The van der Waals surface area contributed by atoms with E-state index in [1.54, 1.807) is 0 Å². The molecule has 1 heterocycles. The molecule has 0 fully saturated rings. The molecule has 4 aliphatic rings. The second kappa shape index (κ2) is 13.7. The van der Waals surface area contributed by atoms with Gasteiger partial charge in [0.05, 0.1) is 5.41 Å². The summed E-state index contributed by atoms with van der Waals surface area (Å²) < 4.78 is 7.15. The van der Waals surface area contributed by atoms with Crippen molar-refractivity contribution in [1.29, 1.82) is 0 Å². The molecular weight excluding hydrogens is 799 g/mol. The minimum atomic E-state index is -0.467. The molecule has 0 aromatic heterocycles. The Morgan fingerprint density at radius 2 is 0.727 bits per heavy atom. The van der Waals surface area contributed by atoms with Crippen LogP contribution in [0.4, 0.5) is 17.1 Å². The summed E-state index contributed by atoms with van der Waals surface area (Å²) in [6.07, 6.45) is 0. The molecule has 0 unspecified atom stereocenters. The first-order chi connectivity index (χ1) is 32.5. The summed E-state index contributed by atoms with van der Waals surface area (Å²) in [7, 11) is 0. The molecule has 66 heavy (non-hydrogen) atoms. The monoisotopic (exact) mass is 841 g/mol. The van der Waals surface area contributed by atoms with Crippen molar-refractivity contribution in [3.05, 3.63) is 258 Å². The summed E-state index contributed by atoms with van der Waals surface area (Å²) in [5.74, 6) is 1.71. The van der Waals surface area contributed by atoms with Crippen LogP contribution >= 0.6 is 0 Å². The number of para-hydroxylation sites is 1. The highest BCUT2D eigenvalue weighted by molar-refractivity contribution is 5.99. The first kappa shape index (κ1) is 37.2. The number of hydrogen-bond acceptors (Lipinski definition) is 2. The normalized spacial score (nSPS) is 14.3. The van der Waals surface area contributed by atoms with Gasteiger partial charge in [-0.2, -0.15) is 0 Å². The van der Waals surface area contributed by atoms with Crippen LogP contribution in [-0.2, 0) is 10.8 Å². The zero-order chi connectivity index (χ0) is 43.7. The molecule has 10 aromatic rings. The Morgan fingerprint density at radius 3 is 1.35 bits per heavy atom. The Morgan fingerprint density at radius 1 is 0.303 bits per heavy atom. The molecule has 0 saturated carbocycles. The van der Waals surface area contributed by atoms with Crippen LogP contribution in [-0.4, -0.2) is 0 Å². The van der Waals surface area contributed by atoms with Gasteiger partial charge in [-0.25, -0.2) is 0 Å². The maximum absolute atomic E-state index is 7.15. The van der Waals surface area contributed by atoms with Crippen molar-refractivity contribution in [2.45, 2.75) is 24.7 Å². The number of ether oxygens (including phenoxy) is 1. The second-order valence-corrected chi connectivity index (χ2v) is 18.7. The van der Waals surface area contributed by atoms with Gasteiger partial charge in [0, 0.05) is 39.2 Å². The molecule has 0 atom stereocenters. The van der Waals surface area contributed by atoms with E-state index in [9.17, 15) is 0 Å². The number of fused-ring (bicyclic) bond motifs is 18. The van der Waals surface area contributed by atoms with Crippen LogP contribution in [0.5, 0.6) is 11.5 Å². The Kier molecular flexibility index (Phi) is 7.70. The molecule has 3 aliphatic carbocycles. The van der Waals surface area contributed by atoms with Gasteiger partial charge in [-0.05, 0) is 126 Å². The predicted molar refractivity (Wildman–Crippen MR) is 271 cm³/mol. The van der Waals surface area contributed by atoms with E-state index in [0.717, 1.165) is 61.9 Å². The highest BCUT2D eigenvalue weighted by Crippen LogP contribution is 2.64. The number of nitrogens with zero attached hydrogens (tertiary/aromatic N) is 1. The summed E-state index contributed by atoms with van der Waals surface area (Å²) in [5, 5.41) is 0. The molecule has 0 radical (unpaired) electrons. The molecule has 1 aliphatic heterocycles. The lowest BCUT2D eigenvalue weighted by molar-refractivity contribution is 0.489.